The van der Waals surface area contributed by atoms with E-state index in [-0.39, 0.29) is 23.1 Å². The van der Waals surface area contributed by atoms with Gasteiger partial charge in [-0.05, 0) is 16.8 Å². The van der Waals surface area contributed by atoms with Crippen molar-refractivity contribution in [1.29, 1.82) is 0 Å². The average Bonchev–Trinajstić information content (AvgIpc) is 2.45. The normalized spacial score (nSPS) is 10.7. The second-order valence-electron chi connectivity index (χ2n) is 4.48. The van der Waals surface area contributed by atoms with Crippen molar-refractivity contribution in [2.45, 2.75) is 0 Å². The van der Waals surface area contributed by atoms with Gasteiger partial charge in [0.1, 0.15) is 0 Å². The molecule has 0 aliphatic rings. The highest BCUT2D eigenvalue weighted by molar-refractivity contribution is 5.89. The van der Waals surface area contributed by atoms with Gasteiger partial charge in [-0.2, -0.15) is 4.98 Å². The van der Waals surface area contributed by atoms with Crippen LogP contribution in [-0.4, -0.2) is 14.9 Å². The SMILES string of the molecule is Nc1nc(N)c([N+](=O)[O-])c(-c2ccc3ccccc3c2)n1. The lowest BCUT2D eigenvalue weighted by Gasteiger charge is -2.06. The van der Waals surface area contributed by atoms with E-state index in [0.29, 0.717) is 5.56 Å². The highest BCUT2D eigenvalue weighted by atomic mass is 16.6. The van der Waals surface area contributed by atoms with Crippen LogP contribution in [0.25, 0.3) is 22.0 Å². The van der Waals surface area contributed by atoms with Gasteiger partial charge in [-0.1, -0.05) is 36.4 Å². The third-order valence-electron chi connectivity index (χ3n) is 3.13. The summed E-state index contributed by atoms with van der Waals surface area (Å²) in [5, 5.41) is 13.2. The van der Waals surface area contributed by atoms with Crippen LogP contribution in [0.1, 0.15) is 0 Å². The van der Waals surface area contributed by atoms with E-state index in [1.54, 1.807) is 6.07 Å². The first-order valence-electron chi connectivity index (χ1n) is 6.13. The Balaban J connectivity index is 2.29. The molecule has 0 spiro atoms. The van der Waals surface area contributed by atoms with Crippen LogP contribution in [0, 0.1) is 10.1 Å². The van der Waals surface area contributed by atoms with Gasteiger partial charge in [-0.25, -0.2) is 4.98 Å². The van der Waals surface area contributed by atoms with Gasteiger partial charge in [0, 0.05) is 5.56 Å². The predicted molar refractivity (Wildman–Crippen MR) is 80.5 cm³/mol. The molecule has 7 heteroatoms. The quantitative estimate of drug-likeness (QED) is 0.549. The molecule has 0 unspecified atom stereocenters. The highest BCUT2D eigenvalue weighted by Crippen LogP contribution is 2.33. The van der Waals surface area contributed by atoms with Gasteiger partial charge >= 0.3 is 5.69 Å². The molecule has 0 saturated carbocycles. The molecule has 21 heavy (non-hydrogen) atoms. The molecule has 2 aromatic carbocycles. The number of anilines is 2. The maximum atomic E-state index is 11.2. The van der Waals surface area contributed by atoms with E-state index in [9.17, 15) is 10.1 Å². The van der Waals surface area contributed by atoms with Gasteiger partial charge in [0.25, 0.3) is 0 Å². The zero-order valence-electron chi connectivity index (χ0n) is 10.9. The molecule has 3 rings (SSSR count). The molecule has 0 saturated heterocycles. The van der Waals surface area contributed by atoms with E-state index in [2.05, 4.69) is 9.97 Å². The monoisotopic (exact) mass is 281 g/mol. The molecule has 1 heterocycles. The summed E-state index contributed by atoms with van der Waals surface area (Å²) in [5.41, 5.74) is 11.5. The van der Waals surface area contributed by atoms with E-state index >= 15 is 0 Å². The van der Waals surface area contributed by atoms with Gasteiger partial charge in [0.05, 0.1) is 4.92 Å². The van der Waals surface area contributed by atoms with Crippen LogP contribution < -0.4 is 11.5 Å². The molecule has 0 bridgehead atoms. The third kappa shape index (κ3) is 2.20. The average molecular weight is 281 g/mol. The number of hydrogen-bond acceptors (Lipinski definition) is 6. The van der Waals surface area contributed by atoms with Crippen molar-refractivity contribution in [2.24, 2.45) is 0 Å². The number of fused-ring (bicyclic) bond motifs is 1. The fraction of sp³-hybridized carbons (Fsp3) is 0. The van der Waals surface area contributed by atoms with E-state index in [0.717, 1.165) is 10.8 Å². The van der Waals surface area contributed by atoms with Gasteiger partial charge < -0.3 is 11.5 Å². The molecule has 0 atom stereocenters. The molecule has 0 aliphatic heterocycles. The van der Waals surface area contributed by atoms with Gasteiger partial charge in [0.2, 0.25) is 11.8 Å². The van der Waals surface area contributed by atoms with Crippen molar-refractivity contribution >= 4 is 28.2 Å². The van der Waals surface area contributed by atoms with E-state index in [4.69, 9.17) is 11.5 Å². The summed E-state index contributed by atoms with van der Waals surface area (Å²) in [4.78, 5) is 18.2. The molecule has 7 nitrogen and oxygen atoms in total. The Kier molecular flexibility index (Phi) is 2.87. The number of aromatic nitrogens is 2. The third-order valence-corrected chi connectivity index (χ3v) is 3.13. The number of benzene rings is 2. The Hall–Kier alpha value is -3.22. The van der Waals surface area contributed by atoms with Crippen LogP contribution in [0.15, 0.2) is 42.5 Å². The standard InChI is InChI=1S/C14H11N5O2/c15-13-12(19(20)21)11(17-14(16)18-13)10-6-5-8-3-1-2-4-9(8)7-10/h1-7H,(H4,15,16,17,18). The summed E-state index contributed by atoms with van der Waals surface area (Å²) < 4.78 is 0. The molecule has 1 aromatic heterocycles. The predicted octanol–water partition coefficient (Wildman–Crippen LogP) is 2.37. The van der Waals surface area contributed by atoms with Crippen molar-refractivity contribution in [3.63, 3.8) is 0 Å². The number of nitrogens with zero attached hydrogens (tertiary/aromatic N) is 3. The van der Waals surface area contributed by atoms with Gasteiger partial charge in [-0.3, -0.25) is 10.1 Å². The number of nitrogen functional groups attached to an aromatic ring is 2. The maximum absolute atomic E-state index is 11.2. The smallest absolute Gasteiger partial charge is 0.337 e. The lowest BCUT2D eigenvalue weighted by atomic mass is 10.0. The number of rotatable bonds is 2. The second-order valence-corrected chi connectivity index (χ2v) is 4.48. The molecular formula is C14H11N5O2. The molecule has 3 aromatic rings. The van der Waals surface area contributed by atoms with Crippen molar-refractivity contribution in [1.82, 2.24) is 9.97 Å². The zero-order valence-corrected chi connectivity index (χ0v) is 10.9. The summed E-state index contributed by atoms with van der Waals surface area (Å²) in [6.07, 6.45) is 0. The van der Waals surface area contributed by atoms with Crippen LogP contribution in [0.5, 0.6) is 0 Å². The van der Waals surface area contributed by atoms with E-state index in [1.165, 1.54) is 0 Å². The van der Waals surface area contributed by atoms with Crippen LogP contribution in [0.3, 0.4) is 0 Å². The molecular weight excluding hydrogens is 270 g/mol. The first kappa shape index (κ1) is 12.8. The van der Waals surface area contributed by atoms with Gasteiger partial charge in [0.15, 0.2) is 5.69 Å². The Morgan fingerprint density at radius 2 is 1.71 bits per heavy atom. The van der Waals surface area contributed by atoms with Crippen molar-refractivity contribution < 1.29 is 4.92 Å². The Bertz CT molecular complexity index is 863. The molecule has 0 radical (unpaired) electrons. The zero-order chi connectivity index (χ0) is 15.0. The molecule has 0 amide bonds. The first-order valence-corrected chi connectivity index (χ1v) is 6.13. The molecule has 104 valence electrons. The maximum Gasteiger partial charge on any atom is 0.337 e. The van der Waals surface area contributed by atoms with E-state index < -0.39 is 4.92 Å². The van der Waals surface area contributed by atoms with Crippen LogP contribution in [-0.2, 0) is 0 Å². The summed E-state index contributed by atoms with van der Waals surface area (Å²) in [5.74, 6) is -0.336. The summed E-state index contributed by atoms with van der Waals surface area (Å²) in [6, 6.07) is 13.1. The number of nitrogens with two attached hydrogens (primary N) is 2. The lowest BCUT2D eigenvalue weighted by Crippen LogP contribution is -2.06. The van der Waals surface area contributed by atoms with Crippen molar-refractivity contribution in [2.75, 3.05) is 11.5 Å². The Labute approximate surface area is 119 Å². The first-order chi connectivity index (χ1) is 10.1. The van der Waals surface area contributed by atoms with Crippen molar-refractivity contribution in [3.8, 4) is 11.3 Å². The second kappa shape index (κ2) is 4.71. The molecule has 4 N–H and O–H groups in total. The Morgan fingerprint density at radius 1 is 1.00 bits per heavy atom. The van der Waals surface area contributed by atoms with E-state index in [1.807, 2.05) is 36.4 Å². The minimum Gasteiger partial charge on any atom is -0.378 e. The fourth-order valence-electron chi connectivity index (χ4n) is 2.21. The lowest BCUT2D eigenvalue weighted by molar-refractivity contribution is -0.383. The highest BCUT2D eigenvalue weighted by Gasteiger charge is 2.23. The molecule has 0 fully saturated rings. The minimum atomic E-state index is -0.598. The largest absolute Gasteiger partial charge is 0.378 e. The van der Waals surface area contributed by atoms with Crippen molar-refractivity contribution in [3.05, 3.63) is 52.6 Å². The summed E-state index contributed by atoms with van der Waals surface area (Å²) in [6.45, 7) is 0. The fourth-order valence-corrected chi connectivity index (χ4v) is 2.21. The minimum absolute atomic E-state index is 0.0961. The van der Waals surface area contributed by atoms with Crippen LogP contribution in [0.4, 0.5) is 17.5 Å². The summed E-state index contributed by atoms with van der Waals surface area (Å²) in [7, 11) is 0. The van der Waals surface area contributed by atoms with Crippen LogP contribution >= 0.6 is 0 Å². The number of nitro groups is 1. The molecule has 0 aliphatic carbocycles. The summed E-state index contributed by atoms with van der Waals surface area (Å²) >= 11 is 0. The Morgan fingerprint density at radius 3 is 2.43 bits per heavy atom. The van der Waals surface area contributed by atoms with Crippen LogP contribution in [0.2, 0.25) is 0 Å². The number of hydrogen-bond donors (Lipinski definition) is 2. The topological polar surface area (TPSA) is 121 Å². The van der Waals surface area contributed by atoms with Gasteiger partial charge in [-0.15, -0.1) is 0 Å².